The van der Waals surface area contributed by atoms with Gasteiger partial charge in [0.15, 0.2) is 0 Å². The third kappa shape index (κ3) is 3.70. The van der Waals surface area contributed by atoms with E-state index < -0.39 is 0 Å². The van der Waals surface area contributed by atoms with E-state index in [1.807, 2.05) is 6.92 Å². The number of nitrogens with zero attached hydrogens (tertiary/aromatic N) is 5. The van der Waals surface area contributed by atoms with Gasteiger partial charge >= 0.3 is 6.01 Å². The van der Waals surface area contributed by atoms with E-state index >= 15 is 0 Å². The zero-order valence-corrected chi connectivity index (χ0v) is 13.2. The van der Waals surface area contributed by atoms with Gasteiger partial charge in [0.25, 0.3) is 0 Å². The van der Waals surface area contributed by atoms with E-state index in [0.29, 0.717) is 36.6 Å². The number of likely N-dealkylation sites (N-methyl/N-ethyl adjacent to an activating group) is 1. The summed E-state index contributed by atoms with van der Waals surface area (Å²) in [5, 5.41) is 0. The van der Waals surface area contributed by atoms with Gasteiger partial charge in [0.2, 0.25) is 11.9 Å². The molecule has 2 rings (SSSR count). The highest BCUT2D eigenvalue weighted by Crippen LogP contribution is 2.20. The largest absolute Gasteiger partial charge is 0.463 e. The summed E-state index contributed by atoms with van der Waals surface area (Å²) in [6.45, 7) is 8.72. The smallest absolute Gasteiger partial charge is 0.323 e. The molecule has 1 saturated heterocycles. The molecule has 8 nitrogen and oxygen atoms in total. The highest BCUT2D eigenvalue weighted by Gasteiger charge is 2.28. The van der Waals surface area contributed by atoms with Crippen LogP contribution in [0.3, 0.4) is 0 Å². The van der Waals surface area contributed by atoms with Crippen LogP contribution < -0.4 is 20.9 Å². The lowest BCUT2D eigenvalue weighted by Gasteiger charge is -2.42. The molecular weight excluding hydrogens is 270 g/mol. The standard InChI is InChI=1S/C13H25N7O/c1-5-6-21-13-16-11(18-14)15-12(17-13)20-7-9(2)19(4)10(3)8-20/h9-10H,5-8,14H2,1-4H3,(H,15,16,17,18). The fourth-order valence-corrected chi connectivity index (χ4v) is 2.38. The Bertz CT molecular complexity index is 458. The molecule has 2 unspecified atom stereocenters. The number of ether oxygens (including phenoxy) is 1. The predicted molar refractivity (Wildman–Crippen MR) is 82.3 cm³/mol. The van der Waals surface area contributed by atoms with Gasteiger partial charge in [-0.3, -0.25) is 10.3 Å². The minimum atomic E-state index is 0.314. The molecular formula is C13H25N7O. The normalized spacial score (nSPS) is 23.2. The summed E-state index contributed by atoms with van der Waals surface area (Å²) in [4.78, 5) is 17.4. The number of aromatic nitrogens is 3. The average Bonchev–Trinajstić information content (AvgIpc) is 2.49. The first kappa shape index (κ1) is 15.7. The van der Waals surface area contributed by atoms with Gasteiger partial charge in [0, 0.05) is 25.2 Å². The molecule has 0 amide bonds. The fraction of sp³-hybridized carbons (Fsp3) is 0.769. The van der Waals surface area contributed by atoms with Crippen LogP contribution in [0.2, 0.25) is 0 Å². The highest BCUT2D eigenvalue weighted by molar-refractivity contribution is 5.38. The summed E-state index contributed by atoms with van der Waals surface area (Å²) >= 11 is 0. The molecule has 1 aromatic rings. The van der Waals surface area contributed by atoms with E-state index in [2.05, 4.69) is 51.1 Å². The first-order valence-corrected chi connectivity index (χ1v) is 7.37. The van der Waals surface area contributed by atoms with Crippen molar-refractivity contribution in [2.45, 2.75) is 39.3 Å². The number of hydrazine groups is 1. The van der Waals surface area contributed by atoms with Crippen LogP contribution >= 0.6 is 0 Å². The van der Waals surface area contributed by atoms with Crippen molar-refractivity contribution in [1.29, 1.82) is 0 Å². The second-order valence-electron chi connectivity index (χ2n) is 5.50. The minimum absolute atomic E-state index is 0.314. The fourth-order valence-electron chi connectivity index (χ4n) is 2.38. The Kier molecular flexibility index (Phi) is 5.13. The Morgan fingerprint density at radius 2 is 1.90 bits per heavy atom. The van der Waals surface area contributed by atoms with Gasteiger partial charge in [-0.15, -0.1) is 0 Å². The summed E-state index contributed by atoms with van der Waals surface area (Å²) in [6.07, 6.45) is 0.898. The zero-order chi connectivity index (χ0) is 15.4. The van der Waals surface area contributed by atoms with Gasteiger partial charge in [0.1, 0.15) is 0 Å². The maximum Gasteiger partial charge on any atom is 0.323 e. The zero-order valence-electron chi connectivity index (χ0n) is 13.2. The van der Waals surface area contributed by atoms with Gasteiger partial charge in [0.05, 0.1) is 6.61 Å². The molecule has 0 aliphatic carbocycles. The van der Waals surface area contributed by atoms with Crippen LogP contribution in [0.5, 0.6) is 6.01 Å². The number of piperazine rings is 1. The van der Waals surface area contributed by atoms with E-state index in [1.165, 1.54) is 0 Å². The van der Waals surface area contributed by atoms with Crippen LogP contribution in [0.25, 0.3) is 0 Å². The Labute approximate surface area is 125 Å². The molecule has 0 spiro atoms. The molecule has 0 saturated carbocycles. The number of nitrogen functional groups attached to an aromatic ring is 1. The Balaban J connectivity index is 2.21. The molecule has 118 valence electrons. The number of hydrogen-bond donors (Lipinski definition) is 2. The third-order valence-electron chi connectivity index (χ3n) is 3.81. The van der Waals surface area contributed by atoms with Crippen molar-refractivity contribution in [2.24, 2.45) is 5.84 Å². The van der Waals surface area contributed by atoms with E-state index in [-0.39, 0.29) is 0 Å². The lowest BCUT2D eigenvalue weighted by Crippen LogP contribution is -2.55. The number of anilines is 2. The summed E-state index contributed by atoms with van der Waals surface area (Å²) in [5.74, 6) is 6.37. The molecule has 1 aliphatic heterocycles. The van der Waals surface area contributed by atoms with Crippen molar-refractivity contribution in [3.8, 4) is 6.01 Å². The van der Waals surface area contributed by atoms with Gasteiger partial charge in [-0.1, -0.05) is 6.92 Å². The summed E-state index contributed by atoms with van der Waals surface area (Å²) in [6, 6.07) is 1.17. The number of nitrogens with two attached hydrogens (primary N) is 1. The Morgan fingerprint density at radius 3 is 2.48 bits per heavy atom. The lowest BCUT2D eigenvalue weighted by molar-refractivity contribution is 0.168. The lowest BCUT2D eigenvalue weighted by atomic mass is 10.1. The molecule has 0 bridgehead atoms. The molecule has 1 aromatic heterocycles. The topological polar surface area (TPSA) is 92.4 Å². The molecule has 8 heteroatoms. The van der Waals surface area contributed by atoms with Crippen LogP contribution in [-0.4, -0.2) is 58.7 Å². The third-order valence-corrected chi connectivity index (χ3v) is 3.81. The van der Waals surface area contributed by atoms with Crippen LogP contribution in [0.1, 0.15) is 27.2 Å². The first-order valence-electron chi connectivity index (χ1n) is 7.37. The van der Waals surface area contributed by atoms with Crippen LogP contribution in [-0.2, 0) is 0 Å². The van der Waals surface area contributed by atoms with E-state index in [4.69, 9.17) is 10.6 Å². The van der Waals surface area contributed by atoms with Crippen LogP contribution in [0, 0.1) is 0 Å². The van der Waals surface area contributed by atoms with Crippen molar-refractivity contribution < 1.29 is 4.74 Å². The average molecular weight is 295 g/mol. The molecule has 0 aromatic carbocycles. The SMILES string of the molecule is CCCOc1nc(NN)nc(N2CC(C)N(C)C(C)C2)n1. The van der Waals surface area contributed by atoms with Crippen LogP contribution in [0.15, 0.2) is 0 Å². The van der Waals surface area contributed by atoms with Gasteiger partial charge in [-0.25, -0.2) is 5.84 Å². The van der Waals surface area contributed by atoms with Crippen molar-refractivity contribution in [1.82, 2.24) is 19.9 Å². The Morgan fingerprint density at radius 1 is 1.24 bits per heavy atom. The van der Waals surface area contributed by atoms with E-state index in [9.17, 15) is 0 Å². The second kappa shape index (κ2) is 6.86. The molecule has 1 aliphatic rings. The maximum atomic E-state index is 5.51. The Hall–Kier alpha value is -1.67. The monoisotopic (exact) mass is 295 g/mol. The summed E-state index contributed by atoms with van der Waals surface area (Å²) in [7, 11) is 2.14. The molecule has 21 heavy (non-hydrogen) atoms. The number of rotatable bonds is 5. The maximum absolute atomic E-state index is 5.51. The van der Waals surface area contributed by atoms with E-state index in [0.717, 1.165) is 19.5 Å². The van der Waals surface area contributed by atoms with Crippen molar-refractivity contribution >= 4 is 11.9 Å². The van der Waals surface area contributed by atoms with Crippen LogP contribution in [0.4, 0.5) is 11.9 Å². The van der Waals surface area contributed by atoms with Crippen molar-refractivity contribution in [3.63, 3.8) is 0 Å². The molecule has 0 radical (unpaired) electrons. The highest BCUT2D eigenvalue weighted by atomic mass is 16.5. The minimum Gasteiger partial charge on any atom is -0.463 e. The molecule has 2 heterocycles. The van der Waals surface area contributed by atoms with E-state index in [1.54, 1.807) is 0 Å². The predicted octanol–water partition coefficient (Wildman–Crippen LogP) is 0.475. The van der Waals surface area contributed by atoms with Gasteiger partial charge < -0.3 is 9.64 Å². The molecule has 1 fully saturated rings. The summed E-state index contributed by atoms with van der Waals surface area (Å²) in [5.41, 5.74) is 2.48. The summed E-state index contributed by atoms with van der Waals surface area (Å²) < 4.78 is 5.51. The van der Waals surface area contributed by atoms with Crippen molar-refractivity contribution in [2.75, 3.05) is 37.1 Å². The van der Waals surface area contributed by atoms with Gasteiger partial charge in [-0.2, -0.15) is 15.0 Å². The molecule has 2 atom stereocenters. The number of hydrogen-bond acceptors (Lipinski definition) is 8. The van der Waals surface area contributed by atoms with Crippen molar-refractivity contribution in [3.05, 3.63) is 0 Å². The first-order chi connectivity index (χ1) is 10.0. The quantitative estimate of drug-likeness (QED) is 0.598. The second-order valence-corrected chi connectivity index (χ2v) is 5.50. The molecule has 3 N–H and O–H groups in total. The number of nitrogens with one attached hydrogen (secondary N) is 1. The van der Waals surface area contributed by atoms with Gasteiger partial charge in [-0.05, 0) is 27.3 Å².